The molecule has 5 heteroatoms. The predicted molar refractivity (Wildman–Crippen MR) is 54.9 cm³/mol. The highest BCUT2D eigenvalue weighted by atomic mass is 35.5. The molecule has 0 radical (unpaired) electrons. The van der Waals surface area contributed by atoms with Gasteiger partial charge in [-0.2, -0.15) is 0 Å². The zero-order chi connectivity index (χ0) is 9.14. The lowest BCUT2D eigenvalue weighted by molar-refractivity contribution is -0.134. The van der Waals surface area contributed by atoms with Crippen LogP contribution in [0, 0.1) is 0 Å². The molecule has 1 heterocycles. The van der Waals surface area contributed by atoms with Crippen molar-refractivity contribution >= 4 is 18.3 Å². The van der Waals surface area contributed by atoms with Gasteiger partial charge >= 0.3 is 0 Å². The summed E-state index contributed by atoms with van der Waals surface area (Å²) >= 11 is 0. The van der Waals surface area contributed by atoms with Crippen LogP contribution in [0.25, 0.3) is 0 Å². The molecule has 1 saturated heterocycles. The Bertz CT molecular complexity index is 167. The quantitative estimate of drug-likeness (QED) is 0.614. The molecule has 0 aromatic carbocycles. The number of piperazine rings is 1. The van der Waals surface area contributed by atoms with Gasteiger partial charge in [-0.15, -0.1) is 12.4 Å². The Labute approximate surface area is 85.3 Å². The van der Waals surface area contributed by atoms with Crippen molar-refractivity contribution in [3.05, 3.63) is 0 Å². The molecule has 1 aliphatic rings. The number of rotatable bonds is 1. The molecule has 2 atom stereocenters. The smallest absolute Gasteiger partial charge is 0.236 e. The fourth-order valence-corrected chi connectivity index (χ4v) is 1.73. The van der Waals surface area contributed by atoms with Gasteiger partial charge in [0, 0.05) is 25.2 Å². The number of carbonyl (C=O) groups excluding carboxylic acids is 1. The third-order valence-electron chi connectivity index (χ3n) is 2.29. The van der Waals surface area contributed by atoms with E-state index < -0.39 is 0 Å². The van der Waals surface area contributed by atoms with Crippen LogP contribution in [0.3, 0.4) is 0 Å². The summed E-state index contributed by atoms with van der Waals surface area (Å²) in [6, 6.07) is 0.537. The summed E-state index contributed by atoms with van der Waals surface area (Å²) in [5.74, 6) is 0.0523. The standard InChI is InChI=1S/C8H17N3O.ClH/c1-6-4-10-5-7(2)11(6)8(12)3-9;/h6-7,10H,3-5,9H2,1-2H3;1H. The summed E-state index contributed by atoms with van der Waals surface area (Å²) in [7, 11) is 0. The van der Waals surface area contributed by atoms with Crippen LogP contribution in [0.15, 0.2) is 0 Å². The summed E-state index contributed by atoms with van der Waals surface area (Å²) in [5, 5.41) is 3.26. The minimum Gasteiger partial charge on any atom is -0.334 e. The molecular formula is C8H18ClN3O. The Balaban J connectivity index is 0.00000144. The van der Waals surface area contributed by atoms with E-state index in [1.807, 2.05) is 18.7 Å². The lowest BCUT2D eigenvalue weighted by Gasteiger charge is -2.39. The number of hydrogen-bond acceptors (Lipinski definition) is 3. The molecule has 1 amide bonds. The Hall–Kier alpha value is -0.320. The van der Waals surface area contributed by atoms with E-state index in [1.165, 1.54) is 0 Å². The maximum Gasteiger partial charge on any atom is 0.236 e. The van der Waals surface area contributed by atoms with Crippen LogP contribution in [0.5, 0.6) is 0 Å². The maximum absolute atomic E-state index is 11.4. The zero-order valence-corrected chi connectivity index (χ0v) is 8.93. The van der Waals surface area contributed by atoms with E-state index in [2.05, 4.69) is 5.32 Å². The van der Waals surface area contributed by atoms with E-state index in [0.29, 0.717) is 0 Å². The van der Waals surface area contributed by atoms with Crippen LogP contribution in [0.1, 0.15) is 13.8 Å². The third kappa shape index (κ3) is 2.83. The number of amides is 1. The normalized spacial score (nSPS) is 28.1. The summed E-state index contributed by atoms with van der Waals surface area (Å²) in [6.45, 7) is 5.94. The molecule has 0 aromatic rings. The first-order chi connectivity index (χ1) is 5.66. The van der Waals surface area contributed by atoms with E-state index in [0.717, 1.165) is 13.1 Å². The molecule has 1 aliphatic heterocycles. The van der Waals surface area contributed by atoms with Gasteiger partial charge in [-0.25, -0.2) is 0 Å². The van der Waals surface area contributed by atoms with Gasteiger partial charge in [0.1, 0.15) is 0 Å². The summed E-state index contributed by atoms with van der Waals surface area (Å²) in [5.41, 5.74) is 5.32. The SMILES string of the molecule is CC1CNCC(C)N1C(=O)CN.Cl. The Morgan fingerprint density at radius 3 is 2.31 bits per heavy atom. The minimum absolute atomic E-state index is 0. The number of nitrogens with zero attached hydrogens (tertiary/aromatic N) is 1. The fourth-order valence-electron chi connectivity index (χ4n) is 1.73. The topological polar surface area (TPSA) is 58.4 Å². The van der Waals surface area contributed by atoms with Gasteiger partial charge in [0.25, 0.3) is 0 Å². The second-order valence-corrected chi connectivity index (χ2v) is 3.36. The molecule has 13 heavy (non-hydrogen) atoms. The van der Waals surface area contributed by atoms with Crippen LogP contribution in [0.4, 0.5) is 0 Å². The molecule has 78 valence electrons. The van der Waals surface area contributed by atoms with Gasteiger partial charge in [-0.1, -0.05) is 0 Å². The second-order valence-electron chi connectivity index (χ2n) is 3.36. The second kappa shape index (κ2) is 5.42. The van der Waals surface area contributed by atoms with Crippen LogP contribution in [0.2, 0.25) is 0 Å². The third-order valence-corrected chi connectivity index (χ3v) is 2.29. The molecule has 3 N–H and O–H groups in total. The van der Waals surface area contributed by atoms with Crippen LogP contribution in [-0.4, -0.2) is 42.5 Å². The number of halogens is 1. The van der Waals surface area contributed by atoms with Gasteiger partial charge in [-0.3, -0.25) is 4.79 Å². The predicted octanol–water partition coefficient (Wildman–Crippen LogP) is -0.424. The Morgan fingerprint density at radius 1 is 1.46 bits per heavy atom. The largest absolute Gasteiger partial charge is 0.334 e. The Kier molecular flexibility index (Phi) is 5.29. The lowest BCUT2D eigenvalue weighted by Crippen LogP contribution is -2.58. The van der Waals surface area contributed by atoms with E-state index in [4.69, 9.17) is 5.73 Å². The summed E-state index contributed by atoms with van der Waals surface area (Å²) < 4.78 is 0. The van der Waals surface area contributed by atoms with Gasteiger partial charge in [0.05, 0.1) is 6.54 Å². The molecule has 0 bridgehead atoms. The molecule has 0 aliphatic carbocycles. The Morgan fingerprint density at radius 2 is 1.92 bits per heavy atom. The van der Waals surface area contributed by atoms with Gasteiger partial charge < -0.3 is 16.0 Å². The first-order valence-electron chi connectivity index (χ1n) is 4.38. The highest BCUT2D eigenvalue weighted by Crippen LogP contribution is 2.08. The fraction of sp³-hybridized carbons (Fsp3) is 0.875. The van der Waals surface area contributed by atoms with Crippen molar-refractivity contribution in [3.63, 3.8) is 0 Å². The van der Waals surface area contributed by atoms with Crippen molar-refractivity contribution in [1.82, 2.24) is 10.2 Å². The average Bonchev–Trinajstić information content (AvgIpc) is 2.03. The lowest BCUT2D eigenvalue weighted by atomic mass is 10.1. The van der Waals surface area contributed by atoms with Crippen molar-refractivity contribution in [2.45, 2.75) is 25.9 Å². The van der Waals surface area contributed by atoms with Crippen molar-refractivity contribution < 1.29 is 4.79 Å². The number of hydrogen-bond donors (Lipinski definition) is 2. The highest BCUT2D eigenvalue weighted by Gasteiger charge is 2.27. The molecule has 0 aromatic heterocycles. The van der Waals surface area contributed by atoms with E-state index >= 15 is 0 Å². The number of nitrogens with two attached hydrogens (primary N) is 1. The first-order valence-corrected chi connectivity index (χ1v) is 4.38. The van der Waals surface area contributed by atoms with E-state index in [-0.39, 0.29) is 36.9 Å². The van der Waals surface area contributed by atoms with Gasteiger partial charge in [0.15, 0.2) is 0 Å². The molecule has 0 saturated carbocycles. The molecule has 2 unspecified atom stereocenters. The van der Waals surface area contributed by atoms with Gasteiger partial charge in [-0.05, 0) is 13.8 Å². The highest BCUT2D eigenvalue weighted by molar-refractivity contribution is 5.85. The van der Waals surface area contributed by atoms with Crippen molar-refractivity contribution in [2.75, 3.05) is 19.6 Å². The van der Waals surface area contributed by atoms with E-state index in [1.54, 1.807) is 0 Å². The first kappa shape index (κ1) is 12.7. The average molecular weight is 208 g/mol. The molecule has 1 fully saturated rings. The van der Waals surface area contributed by atoms with Crippen LogP contribution >= 0.6 is 12.4 Å². The van der Waals surface area contributed by atoms with Crippen LogP contribution in [-0.2, 0) is 4.79 Å². The maximum atomic E-state index is 11.4. The minimum atomic E-state index is 0. The molecular weight excluding hydrogens is 190 g/mol. The van der Waals surface area contributed by atoms with Crippen molar-refractivity contribution in [1.29, 1.82) is 0 Å². The zero-order valence-electron chi connectivity index (χ0n) is 8.12. The summed E-state index contributed by atoms with van der Waals surface area (Å²) in [6.07, 6.45) is 0. The van der Waals surface area contributed by atoms with Crippen LogP contribution < -0.4 is 11.1 Å². The molecule has 1 rings (SSSR count). The van der Waals surface area contributed by atoms with Gasteiger partial charge in [0.2, 0.25) is 5.91 Å². The molecule has 4 nitrogen and oxygen atoms in total. The number of carbonyl (C=O) groups is 1. The number of nitrogens with one attached hydrogen (secondary N) is 1. The summed E-state index contributed by atoms with van der Waals surface area (Å²) in [4.78, 5) is 13.2. The van der Waals surface area contributed by atoms with E-state index in [9.17, 15) is 4.79 Å². The monoisotopic (exact) mass is 207 g/mol. The van der Waals surface area contributed by atoms with Crippen molar-refractivity contribution in [2.24, 2.45) is 5.73 Å². The molecule has 0 spiro atoms. The van der Waals surface area contributed by atoms with Crippen molar-refractivity contribution in [3.8, 4) is 0 Å².